The highest BCUT2D eigenvalue weighted by atomic mass is 32.1. The molecule has 3 rings (SSSR count). The average molecular weight is 389 g/mol. The van der Waals surface area contributed by atoms with Crippen LogP contribution in [-0.2, 0) is 0 Å². The fourth-order valence-electron chi connectivity index (χ4n) is 2.71. The first-order chi connectivity index (χ1) is 12.6. The highest BCUT2D eigenvalue weighted by Gasteiger charge is 2.17. The van der Waals surface area contributed by atoms with Gasteiger partial charge < -0.3 is 18.9 Å². The van der Waals surface area contributed by atoms with Crippen LogP contribution in [0.5, 0.6) is 23.0 Å². The molecule has 0 aliphatic carbocycles. The molecule has 0 unspecified atom stereocenters. The van der Waals surface area contributed by atoms with E-state index in [2.05, 4.69) is 0 Å². The molecule has 0 N–H and O–H groups in total. The van der Waals surface area contributed by atoms with Gasteiger partial charge in [0.15, 0.2) is 15.5 Å². The highest BCUT2D eigenvalue weighted by Crippen LogP contribution is 2.40. The normalized spacial score (nSPS) is 10.5. The van der Waals surface area contributed by atoms with Gasteiger partial charge in [-0.25, -0.2) is 0 Å². The summed E-state index contributed by atoms with van der Waals surface area (Å²) in [7, 11) is 6.42. The molecule has 0 bridgehead atoms. The van der Waals surface area contributed by atoms with Gasteiger partial charge in [0.1, 0.15) is 5.75 Å². The van der Waals surface area contributed by atoms with Crippen LogP contribution in [0.3, 0.4) is 0 Å². The zero-order chi connectivity index (χ0) is 18.7. The molecule has 1 heterocycles. The maximum absolute atomic E-state index is 5.57. The van der Waals surface area contributed by atoms with Crippen LogP contribution >= 0.6 is 23.6 Å². The highest BCUT2D eigenvalue weighted by molar-refractivity contribution is 7.73. The SMILES string of the molecule is COc1ccc(-c2csc(=S)n2-c2cc(OC)c(OC)c(OC)c2)cc1. The van der Waals surface area contributed by atoms with Gasteiger partial charge in [-0.3, -0.25) is 4.57 Å². The minimum Gasteiger partial charge on any atom is -0.497 e. The zero-order valence-corrected chi connectivity index (χ0v) is 16.6. The maximum Gasteiger partial charge on any atom is 0.203 e. The Hall–Kier alpha value is -2.51. The predicted molar refractivity (Wildman–Crippen MR) is 106 cm³/mol. The van der Waals surface area contributed by atoms with E-state index < -0.39 is 0 Å². The Morgan fingerprint density at radius 3 is 1.96 bits per heavy atom. The molecular formula is C19H19NO4S2. The molecule has 0 spiro atoms. The maximum atomic E-state index is 5.57. The number of hydrogen-bond donors (Lipinski definition) is 0. The van der Waals surface area contributed by atoms with Crippen molar-refractivity contribution in [3.63, 3.8) is 0 Å². The van der Waals surface area contributed by atoms with Crippen molar-refractivity contribution < 1.29 is 18.9 Å². The van der Waals surface area contributed by atoms with Gasteiger partial charge in [0.25, 0.3) is 0 Å². The Labute approximate surface area is 161 Å². The molecule has 0 saturated heterocycles. The van der Waals surface area contributed by atoms with Crippen LogP contribution in [0.2, 0.25) is 0 Å². The summed E-state index contributed by atoms with van der Waals surface area (Å²) in [5.41, 5.74) is 2.86. The fourth-order valence-corrected chi connectivity index (χ4v) is 3.82. The summed E-state index contributed by atoms with van der Waals surface area (Å²) >= 11 is 7.07. The van der Waals surface area contributed by atoms with Gasteiger partial charge >= 0.3 is 0 Å². The number of nitrogens with zero attached hydrogens (tertiary/aromatic N) is 1. The van der Waals surface area contributed by atoms with Gasteiger partial charge in [-0.15, -0.1) is 11.3 Å². The quantitative estimate of drug-likeness (QED) is 0.557. The molecule has 7 heteroatoms. The number of aromatic nitrogens is 1. The number of ether oxygens (including phenoxy) is 4. The Morgan fingerprint density at radius 1 is 0.846 bits per heavy atom. The van der Waals surface area contributed by atoms with Crippen molar-refractivity contribution in [2.75, 3.05) is 28.4 Å². The molecule has 136 valence electrons. The number of rotatable bonds is 6. The summed E-state index contributed by atoms with van der Waals surface area (Å²) in [5, 5.41) is 2.04. The summed E-state index contributed by atoms with van der Waals surface area (Å²) in [6.45, 7) is 0. The Balaban J connectivity index is 2.18. The second-order valence-corrected chi connectivity index (χ2v) is 6.84. The van der Waals surface area contributed by atoms with Crippen LogP contribution in [0, 0.1) is 3.95 Å². The van der Waals surface area contributed by atoms with Crippen molar-refractivity contribution in [3.8, 4) is 39.9 Å². The number of methoxy groups -OCH3 is 4. The van der Waals surface area contributed by atoms with Crippen molar-refractivity contribution in [1.82, 2.24) is 4.57 Å². The third-order valence-electron chi connectivity index (χ3n) is 3.99. The Morgan fingerprint density at radius 2 is 1.46 bits per heavy atom. The molecule has 0 amide bonds. The topological polar surface area (TPSA) is 41.9 Å². The van der Waals surface area contributed by atoms with Crippen molar-refractivity contribution in [3.05, 3.63) is 45.7 Å². The van der Waals surface area contributed by atoms with Crippen LogP contribution in [0.4, 0.5) is 0 Å². The second kappa shape index (κ2) is 7.80. The monoisotopic (exact) mass is 389 g/mol. The van der Waals surface area contributed by atoms with Gasteiger partial charge in [-0.05, 0) is 42.0 Å². The van der Waals surface area contributed by atoms with Crippen LogP contribution in [0.1, 0.15) is 0 Å². The van der Waals surface area contributed by atoms with Crippen molar-refractivity contribution >= 4 is 23.6 Å². The molecule has 26 heavy (non-hydrogen) atoms. The van der Waals surface area contributed by atoms with E-state index in [0.717, 1.165) is 26.6 Å². The molecule has 0 saturated carbocycles. The molecular weight excluding hydrogens is 370 g/mol. The molecule has 5 nitrogen and oxygen atoms in total. The largest absolute Gasteiger partial charge is 0.497 e. The smallest absolute Gasteiger partial charge is 0.203 e. The summed E-state index contributed by atoms with van der Waals surface area (Å²) in [5.74, 6) is 2.51. The third-order valence-corrected chi connectivity index (χ3v) is 5.18. The molecule has 0 radical (unpaired) electrons. The lowest BCUT2D eigenvalue weighted by Gasteiger charge is -2.16. The van der Waals surface area contributed by atoms with Gasteiger partial charge in [0.2, 0.25) is 5.75 Å². The number of benzene rings is 2. The van der Waals surface area contributed by atoms with Gasteiger partial charge in [-0.1, -0.05) is 0 Å². The number of hydrogen-bond acceptors (Lipinski definition) is 6. The summed E-state index contributed by atoms with van der Waals surface area (Å²) in [6.07, 6.45) is 0. The van der Waals surface area contributed by atoms with E-state index in [1.807, 2.05) is 46.3 Å². The first-order valence-electron chi connectivity index (χ1n) is 7.78. The standard InChI is InChI=1S/C19H19NO4S2/c1-21-14-7-5-12(6-8-14)15-11-26-19(25)20(15)13-9-16(22-2)18(24-4)17(10-13)23-3/h5-11H,1-4H3. The lowest BCUT2D eigenvalue weighted by atomic mass is 10.1. The molecule has 3 aromatic rings. The molecule has 2 aromatic carbocycles. The molecule has 1 aromatic heterocycles. The van der Waals surface area contributed by atoms with E-state index in [1.165, 1.54) is 11.3 Å². The van der Waals surface area contributed by atoms with Crippen LogP contribution in [0.25, 0.3) is 16.9 Å². The molecule has 0 atom stereocenters. The molecule has 0 aliphatic rings. The summed E-state index contributed by atoms with van der Waals surface area (Å²) in [6, 6.07) is 11.6. The zero-order valence-electron chi connectivity index (χ0n) is 14.9. The minimum atomic E-state index is 0.548. The van der Waals surface area contributed by atoms with Crippen LogP contribution in [0.15, 0.2) is 41.8 Å². The lowest BCUT2D eigenvalue weighted by molar-refractivity contribution is 0.324. The molecule has 0 fully saturated rings. The Kier molecular flexibility index (Phi) is 5.49. The van der Waals surface area contributed by atoms with E-state index in [4.69, 9.17) is 31.2 Å². The lowest BCUT2D eigenvalue weighted by Crippen LogP contribution is -2.01. The Bertz CT molecular complexity index is 935. The average Bonchev–Trinajstić information content (AvgIpc) is 3.08. The summed E-state index contributed by atoms with van der Waals surface area (Å²) < 4.78 is 24.3. The van der Waals surface area contributed by atoms with E-state index in [-0.39, 0.29) is 0 Å². The van der Waals surface area contributed by atoms with Crippen molar-refractivity contribution in [1.29, 1.82) is 0 Å². The van der Waals surface area contributed by atoms with Crippen LogP contribution in [-0.4, -0.2) is 33.0 Å². The van der Waals surface area contributed by atoms with E-state index in [9.17, 15) is 0 Å². The third kappa shape index (κ3) is 3.27. The van der Waals surface area contributed by atoms with Gasteiger partial charge in [-0.2, -0.15) is 0 Å². The van der Waals surface area contributed by atoms with E-state index in [0.29, 0.717) is 17.2 Å². The number of thiazole rings is 1. The predicted octanol–water partition coefficient (Wildman–Crippen LogP) is 4.97. The van der Waals surface area contributed by atoms with E-state index in [1.54, 1.807) is 28.4 Å². The first-order valence-corrected chi connectivity index (χ1v) is 9.07. The van der Waals surface area contributed by atoms with Crippen LogP contribution < -0.4 is 18.9 Å². The minimum absolute atomic E-state index is 0.548. The molecule has 0 aliphatic heterocycles. The first kappa shape index (κ1) is 18.3. The van der Waals surface area contributed by atoms with E-state index >= 15 is 0 Å². The second-order valence-electron chi connectivity index (χ2n) is 5.33. The summed E-state index contributed by atoms with van der Waals surface area (Å²) in [4.78, 5) is 0. The van der Waals surface area contributed by atoms with Gasteiger partial charge in [0.05, 0.1) is 39.8 Å². The van der Waals surface area contributed by atoms with Gasteiger partial charge in [0, 0.05) is 17.5 Å². The van der Waals surface area contributed by atoms with Crippen molar-refractivity contribution in [2.45, 2.75) is 0 Å². The fraction of sp³-hybridized carbons (Fsp3) is 0.211. The van der Waals surface area contributed by atoms with Crippen molar-refractivity contribution in [2.24, 2.45) is 0 Å².